The number of nitrogens with one attached hydrogen (secondary N) is 2. The Labute approximate surface area is 160 Å². The van der Waals surface area contributed by atoms with Crippen molar-refractivity contribution < 1.29 is 17.9 Å². The van der Waals surface area contributed by atoms with E-state index in [0.29, 0.717) is 39.0 Å². The lowest BCUT2D eigenvalue weighted by Gasteiger charge is -2.35. The Bertz CT molecular complexity index is 762. The summed E-state index contributed by atoms with van der Waals surface area (Å²) in [6.45, 7) is 3.46. The predicted molar refractivity (Wildman–Crippen MR) is 103 cm³/mol. The number of rotatable bonds is 6. The average Bonchev–Trinajstić information content (AvgIpc) is 3.18. The zero-order chi connectivity index (χ0) is 19.4. The highest BCUT2D eigenvalue weighted by Gasteiger charge is 2.35. The number of carbonyl (C=O) groups is 1. The molecule has 1 aromatic carbocycles. The SMILES string of the molecule is CCCS(=O)(=O)N1CCN(C(=O)C2CC(c3cccc(OC)c3)NN2)CC1. The number of sulfonamides is 1. The molecule has 8 nitrogen and oxygen atoms in total. The normalized spacial score (nSPS) is 24.1. The van der Waals surface area contributed by atoms with Crippen molar-refractivity contribution in [3.8, 4) is 5.75 Å². The summed E-state index contributed by atoms with van der Waals surface area (Å²) in [5.41, 5.74) is 7.33. The summed E-state index contributed by atoms with van der Waals surface area (Å²) in [5.74, 6) is 0.964. The van der Waals surface area contributed by atoms with E-state index in [0.717, 1.165) is 11.3 Å². The number of methoxy groups -OCH3 is 1. The maximum absolute atomic E-state index is 12.8. The first-order valence-electron chi connectivity index (χ1n) is 9.36. The molecule has 150 valence electrons. The smallest absolute Gasteiger partial charge is 0.241 e. The molecule has 3 rings (SSSR count). The van der Waals surface area contributed by atoms with E-state index in [9.17, 15) is 13.2 Å². The molecule has 0 saturated carbocycles. The lowest BCUT2D eigenvalue weighted by molar-refractivity contribution is -0.134. The van der Waals surface area contributed by atoms with E-state index >= 15 is 0 Å². The van der Waals surface area contributed by atoms with Crippen LogP contribution in [0.15, 0.2) is 24.3 Å². The number of hydrazine groups is 1. The molecule has 0 spiro atoms. The summed E-state index contributed by atoms with van der Waals surface area (Å²) in [6, 6.07) is 7.50. The molecule has 0 bridgehead atoms. The molecule has 2 fully saturated rings. The van der Waals surface area contributed by atoms with Crippen LogP contribution in [0.25, 0.3) is 0 Å². The second kappa shape index (κ2) is 8.55. The minimum atomic E-state index is -3.20. The van der Waals surface area contributed by atoms with Crippen LogP contribution in [-0.2, 0) is 14.8 Å². The van der Waals surface area contributed by atoms with Crippen LogP contribution in [0.4, 0.5) is 0 Å². The van der Waals surface area contributed by atoms with Crippen LogP contribution in [0, 0.1) is 0 Å². The van der Waals surface area contributed by atoms with Gasteiger partial charge in [0.05, 0.1) is 12.9 Å². The molecular formula is C18H28N4O4S. The number of hydrogen-bond donors (Lipinski definition) is 2. The van der Waals surface area contributed by atoms with Crippen molar-refractivity contribution in [3.63, 3.8) is 0 Å². The number of benzene rings is 1. The van der Waals surface area contributed by atoms with Crippen LogP contribution in [0.5, 0.6) is 5.75 Å². The summed E-state index contributed by atoms with van der Waals surface area (Å²) < 4.78 is 31.1. The first kappa shape index (κ1) is 20.1. The van der Waals surface area contributed by atoms with Crippen LogP contribution in [0.2, 0.25) is 0 Å². The molecule has 2 atom stereocenters. The second-order valence-electron chi connectivity index (χ2n) is 6.95. The van der Waals surface area contributed by atoms with E-state index in [2.05, 4.69) is 10.9 Å². The highest BCUT2D eigenvalue weighted by atomic mass is 32.2. The Morgan fingerprint density at radius 3 is 2.63 bits per heavy atom. The first-order chi connectivity index (χ1) is 12.9. The molecule has 2 aliphatic rings. The Kier molecular flexibility index (Phi) is 6.36. The maximum Gasteiger partial charge on any atom is 0.241 e. The summed E-state index contributed by atoms with van der Waals surface area (Å²) >= 11 is 0. The lowest BCUT2D eigenvalue weighted by atomic mass is 10.0. The number of piperazine rings is 1. The quantitative estimate of drug-likeness (QED) is 0.727. The van der Waals surface area contributed by atoms with Crippen molar-refractivity contribution in [2.45, 2.75) is 31.8 Å². The van der Waals surface area contributed by atoms with Gasteiger partial charge in [0.25, 0.3) is 0 Å². The standard InChI is InChI=1S/C18H28N4O4S/c1-3-11-27(24,25)22-9-7-21(8-10-22)18(23)17-13-16(19-20-17)14-5-4-6-15(12-14)26-2/h4-6,12,16-17,19-20H,3,7-11,13H2,1-2H3. The predicted octanol–water partition coefficient (Wildman–Crippen LogP) is 0.487. The fraction of sp³-hybridized carbons (Fsp3) is 0.611. The van der Waals surface area contributed by atoms with E-state index in [1.165, 1.54) is 4.31 Å². The molecule has 2 unspecified atom stereocenters. The van der Waals surface area contributed by atoms with E-state index in [1.54, 1.807) is 12.0 Å². The van der Waals surface area contributed by atoms with Crippen LogP contribution >= 0.6 is 0 Å². The summed E-state index contributed by atoms with van der Waals surface area (Å²) in [6.07, 6.45) is 1.24. The third-order valence-corrected chi connectivity index (χ3v) is 7.18. The van der Waals surface area contributed by atoms with Crippen molar-refractivity contribution in [1.29, 1.82) is 0 Å². The monoisotopic (exact) mass is 396 g/mol. The fourth-order valence-electron chi connectivity index (χ4n) is 3.59. The zero-order valence-electron chi connectivity index (χ0n) is 15.8. The third kappa shape index (κ3) is 4.60. The van der Waals surface area contributed by atoms with Crippen molar-refractivity contribution in [2.24, 2.45) is 0 Å². The van der Waals surface area contributed by atoms with Crippen LogP contribution < -0.4 is 15.6 Å². The average molecular weight is 397 g/mol. The van der Waals surface area contributed by atoms with Gasteiger partial charge in [0.15, 0.2) is 0 Å². The Hall–Kier alpha value is -1.68. The van der Waals surface area contributed by atoms with E-state index < -0.39 is 10.0 Å². The van der Waals surface area contributed by atoms with Gasteiger partial charge < -0.3 is 9.64 Å². The molecular weight excluding hydrogens is 368 g/mol. The van der Waals surface area contributed by atoms with Crippen LogP contribution in [0.1, 0.15) is 31.4 Å². The van der Waals surface area contributed by atoms with Gasteiger partial charge in [0.2, 0.25) is 15.9 Å². The van der Waals surface area contributed by atoms with Gasteiger partial charge in [0.1, 0.15) is 11.8 Å². The highest BCUT2D eigenvalue weighted by Crippen LogP contribution is 2.26. The molecule has 2 saturated heterocycles. The van der Waals surface area contributed by atoms with Crippen LogP contribution in [-0.4, -0.2) is 68.6 Å². The molecule has 1 amide bonds. The molecule has 0 aromatic heterocycles. The first-order valence-corrected chi connectivity index (χ1v) is 11.0. The summed E-state index contributed by atoms with van der Waals surface area (Å²) in [4.78, 5) is 14.6. The van der Waals surface area contributed by atoms with Gasteiger partial charge in [-0.2, -0.15) is 4.31 Å². The largest absolute Gasteiger partial charge is 0.497 e. The number of nitrogens with zero attached hydrogens (tertiary/aromatic N) is 2. The summed E-state index contributed by atoms with van der Waals surface area (Å²) in [5, 5.41) is 0. The Morgan fingerprint density at radius 1 is 1.22 bits per heavy atom. The van der Waals surface area contributed by atoms with Gasteiger partial charge in [-0.05, 0) is 30.5 Å². The van der Waals surface area contributed by atoms with Gasteiger partial charge in [-0.1, -0.05) is 19.1 Å². The molecule has 1 aromatic rings. The summed E-state index contributed by atoms with van der Waals surface area (Å²) in [7, 11) is -1.57. The minimum Gasteiger partial charge on any atom is -0.497 e. The molecule has 27 heavy (non-hydrogen) atoms. The van der Waals surface area contributed by atoms with Crippen molar-refractivity contribution in [3.05, 3.63) is 29.8 Å². The van der Waals surface area contributed by atoms with Gasteiger partial charge in [-0.25, -0.2) is 19.3 Å². The van der Waals surface area contributed by atoms with Crippen molar-refractivity contribution >= 4 is 15.9 Å². The number of carbonyl (C=O) groups excluding carboxylic acids is 1. The number of ether oxygens (including phenoxy) is 1. The van der Waals surface area contributed by atoms with Gasteiger partial charge in [0, 0.05) is 32.2 Å². The molecule has 9 heteroatoms. The maximum atomic E-state index is 12.8. The van der Waals surface area contributed by atoms with Gasteiger partial charge in [-0.3, -0.25) is 4.79 Å². The molecule has 2 aliphatic heterocycles. The van der Waals surface area contributed by atoms with Gasteiger partial charge in [-0.15, -0.1) is 0 Å². The number of amides is 1. The van der Waals surface area contributed by atoms with Gasteiger partial charge >= 0.3 is 0 Å². The third-order valence-electron chi connectivity index (χ3n) is 5.10. The fourth-order valence-corrected chi connectivity index (χ4v) is 5.08. The second-order valence-corrected chi connectivity index (χ2v) is 9.03. The van der Waals surface area contributed by atoms with Crippen LogP contribution in [0.3, 0.4) is 0 Å². The molecule has 2 N–H and O–H groups in total. The lowest BCUT2D eigenvalue weighted by Crippen LogP contribution is -2.54. The Morgan fingerprint density at radius 2 is 1.96 bits per heavy atom. The highest BCUT2D eigenvalue weighted by molar-refractivity contribution is 7.89. The molecule has 0 aliphatic carbocycles. The molecule has 2 heterocycles. The van der Waals surface area contributed by atoms with E-state index in [4.69, 9.17) is 4.74 Å². The van der Waals surface area contributed by atoms with Crippen molar-refractivity contribution in [1.82, 2.24) is 20.1 Å². The minimum absolute atomic E-state index is 0.0143. The molecule has 0 radical (unpaired) electrons. The Balaban J connectivity index is 1.55. The topological polar surface area (TPSA) is 91.0 Å². The number of hydrogen-bond acceptors (Lipinski definition) is 6. The zero-order valence-corrected chi connectivity index (χ0v) is 16.7. The van der Waals surface area contributed by atoms with E-state index in [-0.39, 0.29) is 23.7 Å². The van der Waals surface area contributed by atoms with E-state index in [1.807, 2.05) is 31.2 Å². The van der Waals surface area contributed by atoms with Crippen molar-refractivity contribution in [2.75, 3.05) is 39.0 Å².